The summed E-state index contributed by atoms with van der Waals surface area (Å²) in [6.07, 6.45) is 0.861. The third-order valence-corrected chi connectivity index (χ3v) is 8.10. The highest BCUT2D eigenvalue weighted by Crippen LogP contribution is 2.34. The largest absolute Gasteiger partial charge is 0.325 e. The van der Waals surface area contributed by atoms with Crippen molar-refractivity contribution in [3.8, 4) is 5.69 Å². The van der Waals surface area contributed by atoms with Crippen molar-refractivity contribution in [2.75, 3.05) is 24.2 Å². The van der Waals surface area contributed by atoms with Crippen molar-refractivity contribution in [3.63, 3.8) is 0 Å². The van der Waals surface area contributed by atoms with E-state index in [2.05, 4.69) is 17.1 Å². The van der Waals surface area contributed by atoms with Gasteiger partial charge in [-0.25, -0.2) is 4.98 Å². The minimum atomic E-state index is -0.134. The highest BCUT2D eigenvalue weighted by atomic mass is 32.2. The number of likely N-dealkylation sites (N-methyl/N-ethyl adjacent to an activating group) is 1. The molecule has 1 aliphatic rings. The smallest absolute Gasteiger partial charge is 0.267 e. The van der Waals surface area contributed by atoms with Crippen LogP contribution in [-0.2, 0) is 17.8 Å². The summed E-state index contributed by atoms with van der Waals surface area (Å²) in [5.41, 5.74) is 3.72. The standard InChI is InChI=1S/C26H26N4O2S2/c1-3-29-14-13-20-21(15-29)34-24-23(20)25(32)30(19-11-9-17(2)10-12-19)26(28-24)33-16-22(31)27-18-7-5-4-6-8-18/h4-12H,3,13-16H2,1-2H3,(H,27,31). The fourth-order valence-corrected chi connectivity index (χ4v) is 6.33. The van der Waals surface area contributed by atoms with Crippen LogP contribution in [0.1, 0.15) is 22.9 Å². The van der Waals surface area contributed by atoms with E-state index in [4.69, 9.17) is 4.98 Å². The van der Waals surface area contributed by atoms with Crippen molar-refractivity contribution in [2.45, 2.75) is 32.0 Å². The quantitative estimate of drug-likeness (QED) is 0.309. The third kappa shape index (κ3) is 4.53. The predicted octanol–water partition coefficient (Wildman–Crippen LogP) is 4.86. The number of aryl methyl sites for hydroxylation is 1. The molecule has 0 fully saturated rings. The molecule has 3 heterocycles. The minimum Gasteiger partial charge on any atom is -0.325 e. The van der Waals surface area contributed by atoms with Gasteiger partial charge in [0.05, 0.1) is 16.8 Å². The van der Waals surface area contributed by atoms with Crippen molar-refractivity contribution in [3.05, 3.63) is 81.0 Å². The molecular weight excluding hydrogens is 464 g/mol. The van der Waals surface area contributed by atoms with Crippen LogP contribution in [0.25, 0.3) is 15.9 Å². The zero-order valence-corrected chi connectivity index (χ0v) is 20.8. The maximum atomic E-state index is 13.9. The summed E-state index contributed by atoms with van der Waals surface area (Å²) in [5, 5.41) is 4.17. The number of hydrogen-bond donors (Lipinski definition) is 1. The molecule has 8 heteroatoms. The van der Waals surface area contributed by atoms with Crippen LogP contribution in [0.5, 0.6) is 0 Å². The molecule has 1 amide bonds. The van der Waals surface area contributed by atoms with Gasteiger partial charge in [0.25, 0.3) is 5.56 Å². The highest BCUT2D eigenvalue weighted by Gasteiger charge is 2.25. The lowest BCUT2D eigenvalue weighted by molar-refractivity contribution is -0.113. The highest BCUT2D eigenvalue weighted by molar-refractivity contribution is 7.99. The molecule has 1 N–H and O–H groups in total. The van der Waals surface area contributed by atoms with Crippen molar-refractivity contribution in [1.29, 1.82) is 0 Å². The molecule has 2 aromatic carbocycles. The number of fused-ring (bicyclic) bond motifs is 3. The summed E-state index contributed by atoms with van der Waals surface area (Å²) in [5.74, 6) is 0.0259. The van der Waals surface area contributed by atoms with Crippen LogP contribution in [-0.4, -0.2) is 39.2 Å². The minimum absolute atomic E-state index is 0.0535. The van der Waals surface area contributed by atoms with E-state index < -0.39 is 0 Å². The van der Waals surface area contributed by atoms with Crippen LogP contribution < -0.4 is 10.9 Å². The number of nitrogens with zero attached hydrogens (tertiary/aromatic N) is 3. The van der Waals surface area contributed by atoms with Crippen LogP contribution in [0.3, 0.4) is 0 Å². The molecule has 0 atom stereocenters. The molecule has 0 saturated heterocycles. The first-order chi connectivity index (χ1) is 16.5. The second kappa shape index (κ2) is 9.74. The van der Waals surface area contributed by atoms with E-state index in [0.717, 1.165) is 58.8 Å². The number of rotatable bonds is 6. The van der Waals surface area contributed by atoms with E-state index >= 15 is 0 Å². The Hall–Kier alpha value is -2.94. The zero-order chi connectivity index (χ0) is 23.7. The second-order valence-electron chi connectivity index (χ2n) is 8.38. The normalized spacial score (nSPS) is 13.7. The maximum absolute atomic E-state index is 13.9. The molecule has 0 unspecified atom stereocenters. The van der Waals surface area contributed by atoms with Crippen LogP contribution in [0, 0.1) is 6.92 Å². The van der Waals surface area contributed by atoms with E-state index in [9.17, 15) is 9.59 Å². The van der Waals surface area contributed by atoms with Crippen LogP contribution in [0.15, 0.2) is 64.5 Å². The lowest BCUT2D eigenvalue weighted by Crippen LogP contribution is -2.30. The molecule has 34 heavy (non-hydrogen) atoms. The first-order valence-electron chi connectivity index (χ1n) is 11.4. The fraction of sp³-hybridized carbons (Fsp3) is 0.269. The number of amides is 1. The Kier molecular flexibility index (Phi) is 6.54. The molecule has 174 valence electrons. The monoisotopic (exact) mass is 490 g/mol. The lowest BCUT2D eigenvalue weighted by Gasteiger charge is -2.25. The van der Waals surface area contributed by atoms with Gasteiger partial charge in [-0.1, -0.05) is 54.6 Å². The molecule has 4 aromatic rings. The summed E-state index contributed by atoms with van der Waals surface area (Å²) in [4.78, 5) is 35.8. The van der Waals surface area contributed by atoms with Crippen molar-refractivity contribution in [2.24, 2.45) is 0 Å². The van der Waals surface area contributed by atoms with Crippen LogP contribution >= 0.6 is 23.1 Å². The van der Waals surface area contributed by atoms with Gasteiger partial charge in [-0.15, -0.1) is 11.3 Å². The Morgan fingerprint density at radius 1 is 1.15 bits per heavy atom. The summed E-state index contributed by atoms with van der Waals surface area (Å²) < 4.78 is 1.67. The average molecular weight is 491 g/mol. The van der Waals surface area contributed by atoms with Gasteiger partial charge in [-0.05, 0) is 49.7 Å². The van der Waals surface area contributed by atoms with Crippen molar-refractivity contribution >= 4 is 44.9 Å². The van der Waals surface area contributed by atoms with Gasteiger partial charge in [-0.2, -0.15) is 0 Å². The number of nitrogens with one attached hydrogen (secondary N) is 1. The average Bonchev–Trinajstić information content (AvgIpc) is 3.22. The molecule has 5 rings (SSSR count). The Balaban J connectivity index is 1.54. The lowest BCUT2D eigenvalue weighted by atomic mass is 10.1. The second-order valence-corrected chi connectivity index (χ2v) is 10.4. The number of para-hydroxylation sites is 1. The van der Waals surface area contributed by atoms with Gasteiger partial charge >= 0.3 is 0 Å². The molecule has 6 nitrogen and oxygen atoms in total. The number of anilines is 1. The number of thioether (sulfide) groups is 1. The number of carbonyl (C=O) groups excluding carboxylic acids is 1. The van der Waals surface area contributed by atoms with E-state index in [-0.39, 0.29) is 17.2 Å². The topological polar surface area (TPSA) is 67.2 Å². The number of thiophene rings is 1. The van der Waals surface area contributed by atoms with Gasteiger partial charge in [-0.3, -0.25) is 19.1 Å². The van der Waals surface area contributed by atoms with Gasteiger partial charge in [0.2, 0.25) is 5.91 Å². The van der Waals surface area contributed by atoms with Crippen LogP contribution in [0.4, 0.5) is 5.69 Å². The predicted molar refractivity (Wildman–Crippen MR) is 140 cm³/mol. The zero-order valence-electron chi connectivity index (χ0n) is 19.2. The maximum Gasteiger partial charge on any atom is 0.267 e. The molecule has 0 spiro atoms. The summed E-state index contributed by atoms with van der Waals surface area (Å²) in [7, 11) is 0. The molecule has 0 saturated carbocycles. The number of aromatic nitrogens is 2. The van der Waals surface area contributed by atoms with Crippen LogP contribution in [0.2, 0.25) is 0 Å². The molecular formula is C26H26N4O2S2. The number of benzene rings is 2. The number of carbonyl (C=O) groups is 1. The van der Waals surface area contributed by atoms with Gasteiger partial charge < -0.3 is 5.32 Å². The Labute approximate surface area is 206 Å². The SMILES string of the molecule is CCN1CCc2c(sc3nc(SCC(=O)Nc4ccccc4)n(-c4ccc(C)cc4)c(=O)c23)C1. The third-order valence-electron chi connectivity index (χ3n) is 6.05. The fourth-order valence-electron chi connectivity index (χ4n) is 4.21. The molecule has 2 aromatic heterocycles. The van der Waals surface area contributed by atoms with E-state index in [1.54, 1.807) is 15.9 Å². The summed E-state index contributed by atoms with van der Waals surface area (Å²) >= 11 is 2.90. The Morgan fingerprint density at radius 2 is 1.91 bits per heavy atom. The van der Waals surface area contributed by atoms with Gasteiger partial charge in [0.15, 0.2) is 5.16 Å². The van der Waals surface area contributed by atoms with Crippen molar-refractivity contribution < 1.29 is 4.79 Å². The van der Waals surface area contributed by atoms with Gasteiger partial charge in [0, 0.05) is 23.7 Å². The summed E-state index contributed by atoms with van der Waals surface area (Å²) in [6.45, 7) is 6.99. The summed E-state index contributed by atoms with van der Waals surface area (Å²) in [6, 6.07) is 17.2. The molecule has 0 radical (unpaired) electrons. The van der Waals surface area contributed by atoms with Crippen molar-refractivity contribution in [1.82, 2.24) is 14.5 Å². The number of hydrogen-bond acceptors (Lipinski definition) is 6. The first-order valence-corrected chi connectivity index (χ1v) is 13.2. The Morgan fingerprint density at radius 3 is 2.65 bits per heavy atom. The Bertz CT molecular complexity index is 1390. The van der Waals surface area contributed by atoms with Gasteiger partial charge in [0.1, 0.15) is 4.83 Å². The van der Waals surface area contributed by atoms with E-state index in [0.29, 0.717) is 5.16 Å². The first kappa shape index (κ1) is 22.8. The van der Waals surface area contributed by atoms with E-state index in [1.165, 1.54) is 16.6 Å². The van der Waals surface area contributed by atoms with E-state index in [1.807, 2.05) is 61.5 Å². The molecule has 0 bridgehead atoms. The molecule has 0 aliphatic carbocycles. The molecule has 1 aliphatic heterocycles.